The molecule has 0 bridgehead atoms. The lowest BCUT2D eigenvalue weighted by Gasteiger charge is -2.23. The predicted octanol–water partition coefficient (Wildman–Crippen LogP) is 1.27. The second-order valence-electron chi connectivity index (χ2n) is 6.57. The molecule has 27 heavy (non-hydrogen) atoms. The van der Waals surface area contributed by atoms with Crippen LogP contribution in [0.15, 0.2) is 48.7 Å². The van der Waals surface area contributed by atoms with Crippen molar-refractivity contribution in [3.05, 3.63) is 65.5 Å². The molecule has 1 aromatic carbocycles. The van der Waals surface area contributed by atoms with Crippen molar-refractivity contribution in [2.24, 2.45) is 0 Å². The zero-order valence-electron chi connectivity index (χ0n) is 15.0. The molecule has 1 aliphatic rings. The van der Waals surface area contributed by atoms with Gasteiger partial charge in [0.1, 0.15) is 5.69 Å². The summed E-state index contributed by atoms with van der Waals surface area (Å²) in [6, 6.07) is 12.1. The van der Waals surface area contributed by atoms with Crippen LogP contribution >= 0.6 is 0 Å². The third-order valence-electron chi connectivity index (χ3n) is 4.61. The molecule has 1 unspecified atom stereocenters. The summed E-state index contributed by atoms with van der Waals surface area (Å²) in [5.74, 6) is -0.645. The van der Waals surface area contributed by atoms with Crippen LogP contribution in [0.5, 0.6) is 0 Å². The average molecular weight is 387 g/mol. The fourth-order valence-corrected chi connectivity index (χ4v) is 4.77. The number of pyridine rings is 1. The molecule has 0 spiro atoms. The largest absolute Gasteiger partial charge is 0.348 e. The maximum absolute atomic E-state index is 12.6. The van der Waals surface area contributed by atoms with Crippen molar-refractivity contribution in [1.29, 1.82) is 0 Å². The van der Waals surface area contributed by atoms with Crippen LogP contribution in [0.1, 0.15) is 32.8 Å². The van der Waals surface area contributed by atoms with Gasteiger partial charge in [0, 0.05) is 31.4 Å². The van der Waals surface area contributed by atoms with E-state index in [1.807, 2.05) is 30.3 Å². The van der Waals surface area contributed by atoms with E-state index in [1.165, 1.54) is 23.2 Å². The summed E-state index contributed by atoms with van der Waals surface area (Å²) in [5, 5.41) is 2.81. The van der Waals surface area contributed by atoms with Gasteiger partial charge in [-0.3, -0.25) is 14.6 Å². The molecule has 8 heteroatoms. The van der Waals surface area contributed by atoms with Crippen LogP contribution in [0.4, 0.5) is 0 Å². The molecule has 2 heterocycles. The Balaban J connectivity index is 1.67. The molecule has 1 aromatic heterocycles. The first-order chi connectivity index (χ1) is 12.9. The van der Waals surface area contributed by atoms with Gasteiger partial charge < -0.3 is 10.2 Å². The Hall–Kier alpha value is -2.74. The van der Waals surface area contributed by atoms with Crippen molar-refractivity contribution in [1.82, 2.24) is 15.2 Å². The van der Waals surface area contributed by atoms with Crippen molar-refractivity contribution in [2.75, 3.05) is 18.6 Å². The van der Waals surface area contributed by atoms with Gasteiger partial charge in [-0.1, -0.05) is 30.3 Å². The van der Waals surface area contributed by atoms with E-state index >= 15 is 0 Å². The maximum Gasteiger partial charge on any atom is 0.272 e. The van der Waals surface area contributed by atoms with Crippen molar-refractivity contribution >= 4 is 21.7 Å². The zero-order valence-corrected chi connectivity index (χ0v) is 15.8. The van der Waals surface area contributed by atoms with Crippen LogP contribution in [-0.4, -0.2) is 54.7 Å². The highest BCUT2D eigenvalue weighted by atomic mass is 32.2. The number of carbonyl (C=O) groups excluding carboxylic acids is 2. The number of sulfone groups is 1. The molecule has 0 radical (unpaired) electrons. The highest BCUT2D eigenvalue weighted by molar-refractivity contribution is 7.91. The van der Waals surface area contributed by atoms with Crippen LogP contribution < -0.4 is 5.32 Å². The lowest BCUT2D eigenvalue weighted by atomic mass is 10.1. The van der Waals surface area contributed by atoms with E-state index in [2.05, 4.69) is 10.3 Å². The van der Waals surface area contributed by atoms with Crippen LogP contribution in [0.3, 0.4) is 0 Å². The van der Waals surface area contributed by atoms with E-state index in [9.17, 15) is 18.0 Å². The Morgan fingerprint density at radius 1 is 1.22 bits per heavy atom. The van der Waals surface area contributed by atoms with Gasteiger partial charge in [0.05, 0.1) is 11.5 Å². The van der Waals surface area contributed by atoms with Crippen LogP contribution in [0, 0.1) is 0 Å². The molecule has 3 rings (SSSR count). The SMILES string of the molecule is CN(C(=O)c1cc(C(=O)NCc2ccccc2)ccn1)C1CCS(=O)(=O)C1. The Morgan fingerprint density at radius 2 is 1.96 bits per heavy atom. The van der Waals surface area contributed by atoms with Crippen LogP contribution in [-0.2, 0) is 16.4 Å². The number of nitrogens with zero attached hydrogens (tertiary/aromatic N) is 2. The Kier molecular flexibility index (Phi) is 5.55. The number of benzene rings is 1. The van der Waals surface area contributed by atoms with Crippen LogP contribution in [0.2, 0.25) is 0 Å². The van der Waals surface area contributed by atoms with E-state index in [1.54, 1.807) is 7.05 Å². The summed E-state index contributed by atoms with van der Waals surface area (Å²) in [5.41, 5.74) is 1.42. The van der Waals surface area contributed by atoms with E-state index in [0.717, 1.165) is 5.56 Å². The maximum atomic E-state index is 12.6. The summed E-state index contributed by atoms with van der Waals surface area (Å²) < 4.78 is 23.3. The fourth-order valence-electron chi connectivity index (χ4n) is 3.00. The third kappa shape index (κ3) is 4.71. The molecule has 1 fully saturated rings. The summed E-state index contributed by atoms with van der Waals surface area (Å²) in [6.45, 7) is 0.380. The van der Waals surface area contributed by atoms with Crippen molar-refractivity contribution in [2.45, 2.75) is 19.0 Å². The molecule has 7 nitrogen and oxygen atoms in total. The highest BCUT2D eigenvalue weighted by Crippen LogP contribution is 2.18. The summed E-state index contributed by atoms with van der Waals surface area (Å²) in [4.78, 5) is 30.4. The molecule has 2 aromatic rings. The van der Waals surface area contributed by atoms with Gasteiger partial charge >= 0.3 is 0 Å². The van der Waals surface area contributed by atoms with E-state index in [0.29, 0.717) is 18.5 Å². The number of hydrogen-bond donors (Lipinski definition) is 1. The molecular weight excluding hydrogens is 366 g/mol. The van der Waals surface area contributed by atoms with Gasteiger partial charge in [0.25, 0.3) is 11.8 Å². The Bertz CT molecular complexity index is 944. The third-order valence-corrected chi connectivity index (χ3v) is 6.36. The quantitative estimate of drug-likeness (QED) is 0.833. The summed E-state index contributed by atoms with van der Waals surface area (Å²) >= 11 is 0. The molecule has 1 atom stereocenters. The predicted molar refractivity (Wildman–Crippen MR) is 101 cm³/mol. The lowest BCUT2D eigenvalue weighted by Crippen LogP contribution is -2.38. The lowest BCUT2D eigenvalue weighted by molar-refractivity contribution is 0.0741. The Morgan fingerprint density at radius 3 is 2.63 bits per heavy atom. The number of amides is 2. The van der Waals surface area contributed by atoms with Gasteiger partial charge in [-0.25, -0.2) is 8.42 Å². The fraction of sp³-hybridized carbons (Fsp3) is 0.316. The standard InChI is InChI=1S/C19H21N3O4S/c1-22(16-8-10-27(25,26)13-16)19(24)17-11-15(7-9-20-17)18(23)21-12-14-5-3-2-4-6-14/h2-7,9,11,16H,8,10,12-13H2,1H3,(H,21,23). The number of aromatic nitrogens is 1. The van der Waals surface area contributed by atoms with Gasteiger partial charge in [-0.15, -0.1) is 0 Å². The average Bonchev–Trinajstić information content (AvgIpc) is 3.05. The number of nitrogens with one attached hydrogen (secondary N) is 1. The molecule has 2 amide bonds. The first kappa shape index (κ1) is 19.0. The molecule has 0 aliphatic carbocycles. The summed E-state index contributed by atoms with van der Waals surface area (Å²) in [6.07, 6.45) is 1.83. The second-order valence-corrected chi connectivity index (χ2v) is 8.80. The van der Waals surface area contributed by atoms with Gasteiger partial charge in [-0.2, -0.15) is 0 Å². The molecular formula is C19H21N3O4S. The van der Waals surface area contributed by atoms with E-state index < -0.39 is 15.7 Å². The topological polar surface area (TPSA) is 96.4 Å². The first-order valence-electron chi connectivity index (χ1n) is 8.61. The van der Waals surface area contributed by atoms with Crippen molar-refractivity contribution in [3.8, 4) is 0 Å². The first-order valence-corrected chi connectivity index (χ1v) is 10.4. The van der Waals surface area contributed by atoms with E-state index in [-0.39, 0.29) is 29.1 Å². The van der Waals surface area contributed by atoms with Crippen LogP contribution in [0.25, 0.3) is 0 Å². The molecule has 142 valence electrons. The van der Waals surface area contributed by atoms with Crippen molar-refractivity contribution in [3.63, 3.8) is 0 Å². The minimum absolute atomic E-state index is 0.0352. The molecule has 0 saturated carbocycles. The molecule has 1 N–H and O–H groups in total. The second kappa shape index (κ2) is 7.87. The minimum Gasteiger partial charge on any atom is -0.348 e. The minimum atomic E-state index is -3.09. The number of rotatable bonds is 5. The van der Waals surface area contributed by atoms with Gasteiger partial charge in [0.15, 0.2) is 9.84 Å². The highest BCUT2D eigenvalue weighted by Gasteiger charge is 2.33. The van der Waals surface area contributed by atoms with Crippen molar-refractivity contribution < 1.29 is 18.0 Å². The summed E-state index contributed by atoms with van der Waals surface area (Å²) in [7, 11) is -1.52. The number of hydrogen-bond acceptors (Lipinski definition) is 5. The molecule has 1 aliphatic heterocycles. The van der Waals surface area contributed by atoms with E-state index in [4.69, 9.17) is 0 Å². The monoisotopic (exact) mass is 387 g/mol. The molecule has 1 saturated heterocycles. The number of carbonyl (C=O) groups is 2. The van der Waals surface area contributed by atoms with Gasteiger partial charge in [-0.05, 0) is 24.1 Å². The van der Waals surface area contributed by atoms with Gasteiger partial charge in [0.2, 0.25) is 0 Å². The Labute approximate surface area is 158 Å². The smallest absolute Gasteiger partial charge is 0.272 e. The normalized spacial score (nSPS) is 18.0. The zero-order chi connectivity index (χ0) is 19.4.